The standard InChI is InChI=1S/C19H30N6O11/c20-8(1-4-12(21)26)16(32)25-11(7-15(30)31)18(34)23-9(3-6-14(28)29)17(33)24-10(19(35)36)2-5-13(22)27/h8-11H,1-7,20H2,(H2,21,26)(H2,22,27)(H,23,34)(H,24,33)(H,25,32)(H,28,29)(H,30,31)(H,35,36). The van der Waals surface area contributed by atoms with Crippen LogP contribution in [0.4, 0.5) is 0 Å². The molecule has 0 spiro atoms. The van der Waals surface area contributed by atoms with Gasteiger partial charge in [-0.25, -0.2) is 4.79 Å². The maximum Gasteiger partial charge on any atom is 0.326 e. The minimum Gasteiger partial charge on any atom is -0.481 e. The van der Waals surface area contributed by atoms with Gasteiger partial charge in [-0.1, -0.05) is 0 Å². The fourth-order valence-electron chi connectivity index (χ4n) is 2.72. The van der Waals surface area contributed by atoms with Crippen molar-refractivity contribution in [2.24, 2.45) is 17.2 Å². The van der Waals surface area contributed by atoms with Crippen molar-refractivity contribution >= 4 is 47.4 Å². The molecule has 0 aliphatic carbocycles. The first-order chi connectivity index (χ1) is 16.6. The molecule has 0 aromatic carbocycles. The van der Waals surface area contributed by atoms with E-state index in [1.54, 1.807) is 0 Å². The van der Waals surface area contributed by atoms with Crippen LogP contribution in [-0.4, -0.2) is 86.9 Å². The number of amides is 5. The Bertz CT molecular complexity index is 878. The Kier molecular flexibility index (Phi) is 13.7. The van der Waals surface area contributed by atoms with Crippen LogP contribution in [0.25, 0.3) is 0 Å². The van der Waals surface area contributed by atoms with Crippen molar-refractivity contribution in [3.05, 3.63) is 0 Å². The number of hydrogen-bond acceptors (Lipinski definition) is 9. The Morgan fingerprint density at radius 3 is 1.50 bits per heavy atom. The van der Waals surface area contributed by atoms with E-state index < -0.39 is 104 Å². The van der Waals surface area contributed by atoms with Crippen LogP contribution in [0.2, 0.25) is 0 Å². The summed E-state index contributed by atoms with van der Waals surface area (Å²) in [6, 6.07) is -6.35. The van der Waals surface area contributed by atoms with Crippen LogP contribution in [-0.2, 0) is 38.4 Å². The Morgan fingerprint density at radius 1 is 0.583 bits per heavy atom. The molecule has 0 saturated heterocycles. The number of aliphatic carboxylic acids is 3. The maximum atomic E-state index is 12.7. The highest BCUT2D eigenvalue weighted by Crippen LogP contribution is 2.05. The monoisotopic (exact) mass is 518 g/mol. The van der Waals surface area contributed by atoms with Gasteiger partial charge in [0.25, 0.3) is 0 Å². The zero-order valence-corrected chi connectivity index (χ0v) is 19.1. The Labute approximate surface area is 204 Å². The molecule has 12 N–H and O–H groups in total. The van der Waals surface area contributed by atoms with Gasteiger partial charge in [0.15, 0.2) is 0 Å². The summed E-state index contributed by atoms with van der Waals surface area (Å²) in [4.78, 5) is 92.8. The van der Waals surface area contributed by atoms with Crippen LogP contribution in [0.1, 0.15) is 44.9 Å². The average molecular weight is 518 g/mol. The number of carboxylic acids is 3. The molecule has 4 unspecified atom stereocenters. The average Bonchev–Trinajstić information content (AvgIpc) is 2.75. The number of primary amides is 2. The van der Waals surface area contributed by atoms with Crippen LogP contribution >= 0.6 is 0 Å². The lowest BCUT2D eigenvalue weighted by Crippen LogP contribution is -2.57. The largest absolute Gasteiger partial charge is 0.481 e. The predicted molar refractivity (Wildman–Crippen MR) is 117 cm³/mol. The zero-order valence-electron chi connectivity index (χ0n) is 19.1. The van der Waals surface area contributed by atoms with E-state index in [1.807, 2.05) is 5.32 Å². The molecule has 0 rings (SSSR count). The number of carboxylic acid groups (broad SMARTS) is 3. The molecule has 0 aromatic heterocycles. The highest BCUT2D eigenvalue weighted by Gasteiger charge is 2.31. The third kappa shape index (κ3) is 13.4. The smallest absolute Gasteiger partial charge is 0.326 e. The number of nitrogens with two attached hydrogens (primary N) is 3. The SMILES string of the molecule is NC(=O)CCC(N)C(=O)NC(CC(=O)O)C(=O)NC(CCC(=O)O)C(=O)NC(CCC(N)=O)C(=O)O. The van der Waals surface area contributed by atoms with Crippen LogP contribution < -0.4 is 33.2 Å². The molecular formula is C19H30N6O11. The van der Waals surface area contributed by atoms with Crippen molar-refractivity contribution in [3.63, 3.8) is 0 Å². The zero-order chi connectivity index (χ0) is 28.0. The Morgan fingerprint density at radius 2 is 1.03 bits per heavy atom. The van der Waals surface area contributed by atoms with E-state index in [9.17, 15) is 43.5 Å². The first-order valence-electron chi connectivity index (χ1n) is 10.5. The molecular weight excluding hydrogens is 488 g/mol. The van der Waals surface area contributed by atoms with Gasteiger partial charge in [-0.3, -0.25) is 33.6 Å². The molecule has 17 heteroatoms. The van der Waals surface area contributed by atoms with Gasteiger partial charge in [-0.05, 0) is 19.3 Å². The summed E-state index contributed by atoms with van der Waals surface area (Å²) in [5.74, 6) is -9.35. The van der Waals surface area contributed by atoms with E-state index in [4.69, 9.17) is 27.4 Å². The second kappa shape index (κ2) is 15.6. The third-order valence-electron chi connectivity index (χ3n) is 4.62. The lowest BCUT2D eigenvalue weighted by Gasteiger charge is -2.24. The molecule has 0 aromatic rings. The summed E-state index contributed by atoms with van der Waals surface area (Å²) >= 11 is 0. The van der Waals surface area contributed by atoms with Crippen molar-refractivity contribution in [2.45, 2.75) is 69.1 Å². The first-order valence-corrected chi connectivity index (χ1v) is 10.5. The summed E-state index contributed by atoms with van der Waals surface area (Å²) in [5.41, 5.74) is 15.5. The predicted octanol–water partition coefficient (Wildman–Crippen LogP) is -4.28. The van der Waals surface area contributed by atoms with Crippen molar-refractivity contribution < 1.29 is 53.7 Å². The normalized spacial score (nSPS) is 13.8. The van der Waals surface area contributed by atoms with Gasteiger partial charge in [0.1, 0.15) is 18.1 Å². The third-order valence-corrected chi connectivity index (χ3v) is 4.62. The molecule has 0 fully saturated rings. The van der Waals surface area contributed by atoms with Gasteiger partial charge in [-0.15, -0.1) is 0 Å². The van der Waals surface area contributed by atoms with Gasteiger partial charge < -0.3 is 48.5 Å². The molecule has 0 aliphatic rings. The lowest BCUT2D eigenvalue weighted by atomic mass is 10.1. The van der Waals surface area contributed by atoms with Crippen molar-refractivity contribution in [2.75, 3.05) is 0 Å². The van der Waals surface area contributed by atoms with Crippen LogP contribution in [0.5, 0.6) is 0 Å². The molecule has 0 bridgehead atoms. The molecule has 36 heavy (non-hydrogen) atoms. The summed E-state index contributed by atoms with van der Waals surface area (Å²) in [7, 11) is 0. The lowest BCUT2D eigenvalue weighted by molar-refractivity contribution is -0.144. The van der Waals surface area contributed by atoms with E-state index in [2.05, 4.69) is 10.6 Å². The van der Waals surface area contributed by atoms with E-state index in [0.717, 1.165) is 0 Å². The van der Waals surface area contributed by atoms with Gasteiger partial charge in [-0.2, -0.15) is 0 Å². The molecule has 0 saturated carbocycles. The second-order valence-corrected chi connectivity index (χ2v) is 7.67. The minimum absolute atomic E-state index is 0.200. The molecule has 202 valence electrons. The number of carbonyl (C=O) groups excluding carboxylic acids is 5. The fourth-order valence-corrected chi connectivity index (χ4v) is 2.72. The maximum absolute atomic E-state index is 12.7. The van der Waals surface area contributed by atoms with Crippen molar-refractivity contribution in [3.8, 4) is 0 Å². The quantitative estimate of drug-likeness (QED) is 0.0832. The molecule has 0 heterocycles. The minimum atomic E-state index is -1.76. The molecule has 0 radical (unpaired) electrons. The highest BCUT2D eigenvalue weighted by atomic mass is 16.4. The van der Waals surface area contributed by atoms with Crippen LogP contribution in [0.3, 0.4) is 0 Å². The second-order valence-electron chi connectivity index (χ2n) is 7.67. The van der Waals surface area contributed by atoms with Crippen molar-refractivity contribution in [1.29, 1.82) is 0 Å². The van der Waals surface area contributed by atoms with Crippen molar-refractivity contribution in [1.82, 2.24) is 16.0 Å². The van der Waals surface area contributed by atoms with E-state index in [-0.39, 0.29) is 12.8 Å². The van der Waals surface area contributed by atoms with E-state index in [1.165, 1.54) is 0 Å². The van der Waals surface area contributed by atoms with Crippen LogP contribution in [0, 0.1) is 0 Å². The van der Waals surface area contributed by atoms with Crippen LogP contribution in [0.15, 0.2) is 0 Å². The topological polar surface area (TPSA) is 311 Å². The van der Waals surface area contributed by atoms with E-state index >= 15 is 0 Å². The first kappa shape index (κ1) is 31.7. The number of rotatable bonds is 18. The van der Waals surface area contributed by atoms with E-state index in [0.29, 0.717) is 0 Å². The number of nitrogens with one attached hydrogen (secondary N) is 3. The molecule has 4 atom stereocenters. The molecule has 17 nitrogen and oxygen atoms in total. The summed E-state index contributed by atoms with van der Waals surface area (Å²) in [5, 5.41) is 33.4. The summed E-state index contributed by atoms with van der Waals surface area (Å²) < 4.78 is 0. The molecule has 5 amide bonds. The Hall–Kier alpha value is -4.28. The summed E-state index contributed by atoms with van der Waals surface area (Å²) in [6.07, 6.45) is -3.38. The highest BCUT2D eigenvalue weighted by molar-refractivity contribution is 5.96. The Balaban J connectivity index is 5.59. The number of hydrogen-bond donors (Lipinski definition) is 9. The fraction of sp³-hybridized carbons (Fsp3) is 0.579. The molecule has 0 aliphatic heterocycles. The summed E-state index contributed by atoms with van der Waals surface area (Å²) in [6.45, 7) is 0. The number of carbonyl (C=O) groups is 8. The van der Waals surface area contributed by atoms with Gasteiger partial charge in [0.2, 0.25) is 29.5 Å². The van der Waals surface area contributed by atoms with Gasteiger partial charge in [0, 0.05) is 19.3 Å². The van der Waals surface area contributed by atoms with Gasteiger partial charge in [0.05, 0.1) is 12.5 Å². The van der Waals surface area contributed by atoms with Gasteiger partial charge >= 0.3 is 17.9 Å².